The van der Waals surface area contributed by atoms with Crippen molar-refractivity contribution in [2.75, 3.05) is 26.2 Å². The number of nitrogens with two attached hydrogens (primary N) is 1. The molecule has 3 nitrogen and oxygen atoms in total. The molecular weight excluding hydrogens is 176 g/mol. The van der Waals surface area contributed by atoms with Crippen LogP contribution in [0.25, 0.3) is 0 Å². The smallest absolute Gasteiger partial charge is 0.0702 e. The van der Waals surface area contributed by atoms with Crippen molar-refractivity contribution in [1.82, 2.24) is 4.90 Å². The van der Waals surface area contributed by atoms with Crippen LogP contribution in [0.5, 0.6) is 0 Å². The van der Waals surface area contributed by atoms with Crippen molar-refractivity contribution in [1.29, 1.82) is 0 Å². The van der Waals surface area contributed by atoms with Gasteiger partial charge in [-0.15, -0.1) is 0 Å². The molecule has 0 aromatic heterocycles. The van der Waals surface area contributed by atoms with Crippen LogP contribution in [0.4, 0.5) is 0 Å². The molecule has 0 spiro atoms. The van der Waals surface area contributed by atoms with Gasteiger partial charge < -0.3 is 10.5 Å². The number of ether oxygens (including phenoxy) is 1. The van der Waals surface area contributed by atoms with Crippen LogP contribution in [0.2, 0.25) is 0 Å². The predicted molar refractivity (Wildman–Crippen MR) is 57.2 cm³/mol. The fourth-order valence-corrected chi connectivity index (χ4v) is 2.70. The molecule has 0 saturated carbocycles. The van der Waals surface area contributed by atoms with Crippen molar-refractivity contribution in [2.24, 2.45) is 5.73 Å². The average molecular weight is 198 g/mol. The average Bonchev–Trinajstić information content (AvgIpc) is 2.80. The molecular formula is C11H22N2O. The van der Waals surface area contributed by atoms with Gasteiger partial charge in [0.1, 0.15) is 0 Å². The van der Waals surface area contributed by atoms with E-state index in [0.717, 1.165) is 32.2 Å². The number of rotatable bonds is 4. The zero-order valence-corrected chi connectivity index (χ0v) is 8.95. The fourth-order valence-electron chi connectivity index (χ4n) is 2.70. The highest BCUT2D eigenvalue weighted by Gasteiger charge is 2.27. The lowest BCUT2D eigenvalue weighted by Gasteiger charge is -2.26. The first-order valence-corrected chi connectivity index (χ1v) is 5.96. The summed E-state index contributed by atoms with van der Waals surface area (Å²) in [5, 5.41) is 0. The van der Waals surface area contributed by atoms with Crippen LogP contribution in [-0.2, 0) is 4.74 Å². The second-order valence-corrected chi connectivity index (χ2v) is 4.50. The minimum atomic E-state index is 0.508. The molecule has 0 bridgehead atoms. The van der Waals surface area contributed by atoms with Crippen LogP contribution >= 0.6 is 0 Å². The van der Waals surface area contributed by atoms with Crippen LogP contribution < -0.4 is 5.73 Å². The van der Waals surface area contributed by atoms with Crippen molar-refractivity contribution in [3.63, 3.8) is 0 Å². The van der Waals surface area contributed by atoms with E-state index in [0.29, 0.717) is 6.10 Å². The summed E-state index contributed by atoms with van der Waals surface area (Å²) < 4.78 is 5.67. The van der Waals surface area contributed by atoms with E-state index in [-0.39, 0.29) is 0 Å². The molecule has 2 unspecified atom stereocenters. The van der Waals surface area contributed by atoms with Crippen molar-refractivity contribution >= 4 is 0 Å². The highest BCUT2D eigenvalue weighted by molar-refractivity contribution is 4.82. The minimum absolute atomic E-state index is 0.508. The maximum absolute atomic E-state index is 5.67. The number of hydrogen-bond donors (Lipinski definition) is 1. The summed E-state index contributed by atoms with van der Waals surface area (Å²) in [7, 11) is 0. The first-order valence-electron chi connectivity index (χ1n) is 5.96. The molecule has 0 aromatic rings. The Hall–Kier alpha value is -0.120. The third kappa shape index (κ3) is 2.47. The van der Waals surface area contributed by atoms with Gasteiger partial charge in [-0.2, -0.15) is 0 Å². The second kappa shape index (κ2) is 5.10. The van der Waals surface area contributed by atoms with Crippen molar-refractivity contribution in [2.45, 2.75) is 44.2 Å². The molecule has 2 heterocycles. The van der Waals surface area contributed by atoms with E-state index in [2.05, 4.69) is 4.90 Å². The lowest BCUT2D eigenvalue weighted by atomic mass is 10.1. The molecule has 0 amide bonds. The summed E-state index contributed by atoms with van der Waals surface area (Å²) in [4.78, 5) is 2.59. The molecule has 2 saturated heterocycles. The molecule has 14 heavy (non-hydrogen) atoms. The summed E-state index contributed by atoms with van der Waals surface area (Å²) in [6.07, 6.45) is 6.85. The van der Waals surface area contributed by atoms with E-state index in [1.54, 1.807) is 0 Å². The van der Waals surface area contributed by atoms with Crippen LogP contribution in [-0.4, -0.2) is 43.3 Å². The van der Waals surface area contributed by atoms with Gasteiger partial charge in [-0.25, -0.2) is 0 Å². The molecule has 82 valence electrons. The summed E-state index contributed by atoms with van der Waals surface area (Å²) >= 11 is 0. The van der Waals surface area contributed by atoms with Crippen molar-refractivity contribution in [3.8, 4) is 0 Å². The molecule has 2 N–H and O–H groups in total. The lowest BCUT2D eigenvalue weighted by Crippen LogP contribution is -2.37. The Morgan fingerprint density at radius 1 is 1.29 bits per heavy atom. The van der Waals surface area contributed by atoms with E-state index in [1.807, 2.05) is 0 Å². The highest BCUT2D eigenvalue weighted by atomic mass is 16.5. The normalized spacial score (nSPS) is 34.1. The van der Waals surface area contributed by atoms with Gasteiger partial charge in [-0.05, 0) is 45.2 Å². The SMILES string of the molecule is NCCC1CCCN1CC1CCCO1. The standard InChI is InChI=1S/C11H22N2O/c12-6-5-10-3-1-7-13(10)9-11-4-2-8-14-11/h10-11H,1-9,12H2. The van der Waals surface area contributed by atoms with Gasteiger partial charge in [0.2, 0.25) is 0 Å². The van der Waals surface area contributed by atoms with Crippen LogP contribution in [0.3, 0.4) is 0 Å². The fraction of sp³-hybridized carbons (Fsp3) is 1.00. The molecule has 2 aliphatic rings. The van der Waals surface area contributed by atoms with E-state index in [9.17, 15) is 0 Å². The third-order valence-corrected chi connectivity index (χ3v) is 3.46. The summed E-state index contributed by atoms with van der Waals surface area (Å²) in [5.41, 5.74) is 5.62. The Balaban J connectivity index is 1.77. The van der Waals surface area contributed by atoms with Gasteiger partial charge >= 0.3 is 0 Å². The van der Waals surface area contributed by atoms with Gasteiger partial charge in [0.25, 0.3) is 0 Å². The van der Waals surface area contributed by atoms with Gasteiger partial charge in [0.05, 0.1) is 6.10 Å². The van der Waals surface area contributed by atoms with E-state index < -0.39 is 0 Å². The van der Waals surface area contributed by atoms with E-state index >= 15 is 0 Å². The topological polar surface area (TPSA) is 38.5 Å². The zero-order chi connectivity index (χ0) is 9.80. The zero-order valence-electron chi connectivity index (χ0n) is 8.95. The first-order chi connectivity index (χ1) is 6.90. The number of hydrogen-bond acceptors (Lipinski definition) is 3. The second-order valence-electron chi connectivity index (χ2n) is 4.50. The van der Waals surface area contributed by atoms with Crippen LogP contribution in [0, 0.1) is 0 Å². The number of likely N-dealkylation sites (tertiary alicyclic amines) is 1. The van der Waals surface area contributed by atoms with Crippen LogP contribution in [0.15, 0.2) is 0 Å². The summed E-state index contributed by atoms with van der Waals surface area (Å²) in [6, 6.07) is 0.740. The molecule has 2 fully saturated rings. The largest absolute Gasteiger partial charge is 0.377 e. The molecule has 2 aliphatic heterocycles. The van der Waals surface area contributed by atoms with Gasteiger partial charge in [-0.1, -0.05) is 0 Å². The van der Waals surface area contributed by atoms with Gasteiger partial charge in [0, 0.05) is 19.2 Å². The Bertz CT molecular complexity index is 169. The van der Waals surface area contributed by atoms with Crippen molar-refractivity contribution < 1.29 is 4.74 Å². The minimum Gasteiger partial charge on any atom is -0.377 e. The molecule has 0 radical (unpaired) electrons. The monoisotopic (exact) mass is 198 g/mol. The van der Waals surface area contributed by atoms with Gasteiger partial charge in [-0.3, -0.25) is 4.90 Å². The first kappa shape index (κ1) is 10.4. The highest BCUT2D eigenvalue weighted by Crippen LogP contribution is 2.22. The van der Waals surface area contributed by atoms with E-state index in [1.165, 1.54) is 32.2 Å². The lowest BCUT2D eigenvalue weighted by molar-refractivity contribution is 0.0681. The maximum atomic E-state index is 5.67. The Kier molecular flexibility index (Phi) is 3.79. The third-order valence-electron chi connectivity index (χ3n) is 3.46. The molecule has 0 aromatic carbocycles. The molecule has 2 rings (SSSR count). The van der Waals surface area contributed by atoms with Crippen LogP contribution in [0.1, 0.15) is 32.1 Å². The predicted octanol–water partition coefficient (Wildman–Crippen LogP) is 0.979. The molecule has 3 heteroatoms. The summed E-state index contributed by atoms with van der Waals surface area (Å²) in [6.45, 7) is 4.20. The maximum Gasteiger partial charge on any atom is 0.0702 e. The number of nitrogens with zero attached hydrogens (tertiary/aromatic N) is 1. The Labute approximate surface area is 86.6 Å². The Morgan fingerprint density at radius 2 is 2.21 bits per heavy atom. The van der Waals surface area contributed by atoms with E-state index in [4.69, 9.17) is 10.5 Å². The molecule has 2 atom stereocenters. The summed E-state index contributed by atoms with van der Waals surface area (Å²) in [5.74, 6) is 0. The quantitative estimate of drug-likeness (QED) is 0.732. The molecule has 0 aliphatic carbocycles. The van der Waals surface area contributed by atoms with Crippen molar-refractivity contribution in [3.05, 3.63) is 0 Å². The van der Waals surface area contributed by atoms with Gasteiger partial charge in [0.15, 0.2) is 0 Å². The Morgan fingerprint density at radius 3 is 2.93 bits per heavy atom.